The van der Waals surface area contributed by atoms with Gasteiger partial charge in [0.1, 0.15) is 13.2 Å². The average Bonchev–Trinajstić information content (AvgIpc) is 3.91. The molecule has 8 rings (SSSR count). The fourth-order valence-electron chi connectivity index (χ4n) is 9.40. The third-order valence-electron chi connectivity index (χ3n) is 13.3. The van der Waals surface area contributed by atoms with Crippen LogP contribution in [0.15, 0.2) is 69.7 Å². The summed E-state index contributed by atoms with van der Waals surface area (Å²) in [5, 5.41) is 0. The molecule has 3 fully saturated rings. The van der Waals surface area contributed by atoms with Gasteiger partial charge in [0.25, 0.3) is 11.8 Å². The molecule has 5 aliphatic rings. The zero-order valence-electron chi connectivity index (χ0n) is 39.8. The maximum absolute atomic E-state index is 13.7. The number of fused-ring (bicyclic) bond motifs is 4. The van der Waals surface area contributed by atoms with Crippen LogP contribution in [0, 0.1) is 0 Å². The van der Waals surface area contributed by atoms with Crippen molar-refractivity contribution in [3.63, 3.8) is 0 Å². The molecular formula is C51H63N7O7S2. The Kier molecular flexibility index (Phi) is 15.3. The molecule has 2 atom stereocenters. The third-order valence-corrected chi connectivity index (χ3v) is 16.0. The van der Waals surface area contributed by atoms with Crippen LogP contribution in [0.3, 0.4) is 0 Å². The van der Waals surface area contributed by atoms with E-state index >= 15 is 0 Å². The van der Waals surface area contributed by atoms with Gasteiger partial charge in [0, 0.05) is 75.0 Å². The first kappa shape index (κ1) is 48.1. The van der Waals surface area contributed by atoms with Crippen molar-refractivity contribution in [3.8, 4) is 23.0 Å². The van der Waals surface area contributed by atoms with Gasteiger partial charge in [0.2, 0.25) is 5.91 Å². The Bertz CT molecular complexity index is 2340. The summed E-state index contributed by atoms with van der Waals surface area (Å²) in [4.78, 5) is 63.2. The number of carbonyl (C=O) groups is 3. The van der Waals surface area contributed by atoms with Gasteiger partial charge in [-0.15, -0.1) is 0 Å². The second kappa shape index (κ2) is 21.3. The van der Waals surface area contributed by atoms with Crippen molar-refractivity contribution >= 4 is 63.1 Å². The van der Waals surface area contributed by atoms with Crippen LogP contribution in [-0.2, 0) is 24.4 Å². The number of piperazine rings is 1. The molecule has 0 bridgehead atoms. The topological polar surface area (TPSA) is 139 Å². The lowest BCUT2D eigenvalue weighted by molar-refractivity contribution is -0.133. The number of carbonyl (C=O) groups excluding carboxylic acids is 3. The number of aliphatic imine (C=N–C) groups is 2. The number of hydrogen-bond acceptors (Lipinski definition) is 13. The molecule has 3 saturated heterocycles. The number of pyridine rings is 1. The van der Waals surface area contributed by atoms with Crippen molar-refractivity contribution < 1.29 is 33.3 Å². The molecule has 0 aliphatic carbocycles. The molecule has 0 spiro atoms. The number of amides is 3. The number of hydrogen-bond donors (Lipinski definition) is 0. The largest absolute Gasteiger partial charge is 0.493 e. The van der Waals surface area contributed by atoms with E-state index in [-0.39, 0.29) is 47.8 Å². The van der Waals surface area contributed by atoms with Crippen LogP contribution in [0.4, 0.5) is 11.4 Å². The van der Waals surface area contributed by atoms with Crippen molar-refractivity contribution in [1.29, 1.82) is 0 Å². The molecule has 67 heavy (non-hydrogen) atoms. The number of methoxy groups -OCH3 is 2. The summed E-state index contributed by atoms with van der Waals surface area (Å²) in [6.07, 6.45) is 14.6. The minimum atomic E-state index is -0.0927. The van der Waals surface area contributed by atoms with Crippen LogP contribution in [0.5, 0.6) is 23.0 Å². The van der Waals surface area contributed by atoms with Gasteiger partial charge in [-0.2, -0.15) is 0 Å². The van der Waals surface area contributed by atoms with Crippen molar-refractivity contribution in [2.24, 2.45) is 9.98 Å². The number of ether oxygens (including phenoxy) is 4. The summed E-state index contributed by atoms with van der Waals surface area (Å²) in [6, 6.07) is 10.9. The minimum Gasteiger partial charge on any atom is -0.493 e. The molecule has 0 saturated carbocycles. The molecule has 14 nitrogen and oxygen atoms in total. The maximum Gasteiger partial charge on any atom is 0.257 e. The number of nitrogens with zero attached hydrogens (tertiary/aromatic N) is 7. The fraction of sp³-hybridized carbons (Fsp3) is 0.490. The first-order valence-corrected chi connectivity index (χ1v) is 25.8. The number of rotatable bonds is 17. The molecule has 1 aromatic heterocycles. The quantitative estimate of drug-likeness (QED) is 0.0950. The van der Waals surface area contributed by atoms with Crippen LogP contribution in [0.25, 0.3) is 0 Å². The van der Waals surface area contributed by atoms with E-state index in [1.165, 1.54) is 11.1 Å². The van der Waals surface area contributed by atoms with E-state index in [2.05, 4.69) is 49.3 Å². The first-order chi connectivity index (χ1) is 32.4. The Balaban J connectivity index is 0.975. The highest BCUT2D eigenvalue weighted by Gasteiger charge is 2.36. The molecule has 0 unspecified atom stereocenters. The maximum atomic E-state index is 13.7. The molecule has 3 aromatic rings. The van der Waals surface area contributed by atoms with E-state index in [4.69, 9.17) is 33.9 Å². The average molecular weight is 950 g/mol. The predicted octanol–water partition coefficient (Wildman–Crippen LogP) is 8.66. The smallest absolute Gasteiger partial charge is 0.257 e. The molecule has 0 N–H and O–H groups in total. The first-order valence-electron chi connectivity index (χ1n) is 23.3. The summed E-state index contributed by atoms with van der Waals surface area (Å²) in [5.41, 5.74) is 6.94. The molecule has 2 aromatic carbocycles. The number of benzene rings is 2. The molecule has 6 heterocycles. The predicted molar refractivity (Wildman–Crippen MR) is 267 cm³/mol. The Hall–Kier alpha value is -5.32. The van der Waals surface area contributed by atoms with E-state index in [1.807, 2.05) is 51.8 Å². The summed E-state index contributed by atoms with van der Waals surface area (Å²) < 4.78 is 24.5. The second-order valence-corrected chi connectivity index (χ2v) is 21.4. The molecular weight excluding hydrogens is 887 g/mol. The Morgan fingerprint density at radius 3 is 1.76 bits per heavy atom. The lowest BCUT2D eigenvalue weighted by Gasteiger charge is -2.35. The van der Waals surface area contributed by atoms with Gasteiger partial charge in [-0.3, -0.25) is 34.3 Å². The Morgan fingerprint density at radius 2 is 1.28 bits per heavy atom. The zero-order chi connectivity index (χ0) is 47.2. The van der Waals surface area contributed by atoms with Gasteiger partial charge < -0.3 is 33.6 Å². The highest BCUT2D eigenvalue weighted by atomic mass is 33.1. The SMILES string of the molecule is C/C=C1\C[C@H]2C=Nc3cc(OCc4cc(CCCN5CCN(C(=O)CCC(C)(C)SSC)CC5)cc(COc5cc6c(cc5OC)C(=O)N5C/C(=C/C)C[C@H]5C=N6)n4)c(OC)cc3C(=O)N2C1. The second-order valence-electron chi connectivity index (χ2n) is 18.3. The fourth-order valence-corrected chi connectivity index (χ4v) is 11.6. The number of aryl methyl sites for hydroxylation is 1. The van der Waals surface area contributed by atoms with Gasteiger partial charge in [-0.25, -0.2) is 0 Å². The van der Waals surface area contributed by atoms with E-state index in [9.17, 15) is 14.4 Å². The number of allylic oxidation sites excluding steroid dienone is 2. The highest BCUT2D eigenvalue weighted by molar-refractivity contribution is 8.76. The monoisotopic (exact) mass is 949 g/mol. The van der Waals surface area contributed by atoms with E-state index in [0.29, 0.717) is 76.4 Å². The molecule has 3 amide bonds. The summed E-state index contributed by atoms with van der Waals surface area (Å²) in [5.74, 6) is 1.87. The van der Waals surface area contributed by atoms with Crippen molar-refractivity contribution in [1.82, 2.24) is 24.6 Å². The van der Waals surface area contributed by atoms with Crippen molar-refractivity contribution in [2.45, 2.75) is 96.3 Å². The standard InChI is InChI=1S/C51H63N7O7S2/c1-8-33-21-38-27-52-42-25-46(44(62-5)23-40(42)49(60)57(38)29-33)64-31-36-19-35(11-10-14-55-15-17-56(18-16-55)48(59)12-13-51(3,4)67-66-7)20-37(54-36)32-65-47-26-43-41(24-45(47)63-6)50(61)58-30-34(9-2)22-39(58)28-53-43/h8-9,19-20,23-28,38-39H,10-18,21-22,29-32H2,1-7H3/b33-8+,34-9+/t38-,39-/m0/s1. The van der Waals surface area contributed by atoms with Gasteiger partial charge in [-0.05, 0) is 102 Å². The van der Waals surface area contributed by atoms with Crippen molar-refractivity contribution in [3.05, 3.63) is 87.8 Å². The highest BCUT2D eigenvalue weighted by Crippen LogP contribution is 2.41. The lowest BCUT2D eigenvalue weighted by Crippen LogP contribution is -2.49. The normalized spacial score (nSPS) is 20.4. The third kappa shape index (κ3) is 11.2. The summed E-state index contributed by atoms with van der Waals surface area (Å²) >= 11 is 0. The Labute approximate surface area is 402 Å². The van der Waals surface area contributed by atoms with Crippen LogP contribution in [0.2, 0.25) is 0 Å². The molecule has 0 radical (unpaired) electrons. The summed E-state index contributed by atoms with van der Waals surface area (Å²) in [7, 11) is 6.71. The van der Waals surface area contributed by atoms with E-state index < -0.39 is 0 Å². The van der Waals surface area contributed by atoms with E-state index in [1.54, 1.807) is 49.3 Å². The zero-order valence-corrected chi connectivity index (χ0v) is 41.5. The summed E-state index contributed by atoms with van der Waals surface area (Å²) in [6.45, 7) is 13.9. The van der Waals surface area contributed by atoms with Crippen LogP contribution < -0.4 is 18.9 Å². The molecule has 356 valence electrons. The van der Waals surface area contributed by atoms with Crippen LogP contribution in [-0.4, -0.2) is 138 Å². The molecule has 5 aliphatic heterocycles. The van der Waals surface area contributed by atoms with Gasteiger partial charge in [-0.1, -0.05) is 44.9 Å². The lowest BCUT2D eigenvalue weighted by atomic mass is 10.1. The van der Waals surface area contributed by atoms with Gasteiger partial charge in [0.05, 0.1) is 60.2 Å². The minimum absolute atomic E-state index is 0.0700. The number of aromatic nitrogens is 1. The van der Waals surface area contributed by atoms with Crippen molar-refractivity contribution in [2.75, 3.05) is 66.3 Å². The Morgan fingerprint density at radius 1 is 0.761 bits per heavy atom. The van der Waals surface area contributed by atoms with Crippen LogP contribution >= 0.6 is 21.6 Å². The molecule has 16 heteroatoms. The van der Waals surface area contributed by atoms with Crippen LogP contribution in [0.1, 0.15) is 97.5 Å². The van der Waals surface area contributed by atoms with Gasteiger partial charge in [0.15, 0.2) is 23.0 Å². The van der Waals surface area contributed by atoms with E-state index in [0.717, 1.165) is 70.4 Å². The van der Waals surface area contributed by atoms with Gasteiger partial charge >= 0.3 is 0 Å².